The molecule has 7 nitrogen and oxygen atoms in total. The van der Waals surface area contributed by atoms with Crippen molar-refractivity contribution in [1.82, 2.24) is 5.48 Å². The molecule has 1 rings (SSSR count). The minimum atomic E-state index is -3.75. The molecule has 0 aromatic heterocycles. The molecule has 20 heavy (non-hydrogen) atoms. The Morgan fingerprint density at radius 2 is 1.80 bits per heavy atom. The molecule has 0 saturated heterocycles. The molecule has 1 aliphatic rings. The number of nitrogens with one attached hydrogen (secondary N) is 1. The van der Waals surface area contributed by atoms with E-state index in [0.29, 0.717) is 12.8 Å². The van der Waals surface area contributed by atoms with Crippen molar-refractivity contribution >= 4 is 22.0 Å². The van der Waals surface area contributed by atoms with E-state index in [9.17, 15) is 18.0 Å². The number of carboxylic acids is 1. The van der Waals surface area contributed by atoms with Crippen LogP contribution in [0.5, 0.6) is 0 Å². The van der Waals surface area contributed by atoms with Gasteiger partial charge in [0.25, 0.3) is 10.1 Å². The van der Waals surface area contributed by atoms with Gasteiger partial charge in [0.2, 0.25) is 5.91 Å². The normalized spacial score (nSPS) is 18.4. The summed E-state index contributed by atoms with van der Waals surface area (Å²) in [6, 6.07) is 0. The summed E-state index contributed by atoms with van der Waals surface area (Å²) in [5.74, 6) is -1.78. The molecule has 0 aliphatic heterocycles. The predicted octanol–water partition coefficient (Wildman–Crippen LogP) is 1.20. The van der Waals surface area contributed by atoms with Gasteiger partial charge in [-0.15, -0.1) is 4.28 Å². The average molecular weight is 307 g/mol. The van der Waals surface area contributed by atoms with Crippen LogP contribution >= 0.6 is 0 Å². The standard InChI is InChI=1S/C12H21NO6S/c1-2-20(17,18)19-13-10(14)8-12(9-11(15)16)6-4-3-5-7-12/h2-9H2,1H3,(H,13,14)(H,15,16). The summed E-state index contributed by atoms with van der Waals surface area (Å²) in [6.07, 6.45) is 4.01. The largest absolute Gasteiger partial charge is 0.481 e. The number of hydroxylamine groups is 1. The SMILES string of the molecule is CCS(=O)(=O)ONC(=O)CC1(CC(=O)O)CCCCC1. The second-order valence-electron chi connectivity index (χ2n) is 5.26. The van der Waals surface area contributed by atoms with E-state index in [2.05, 4.69) is 4.28 Å². The Kier molecular flexibility index (Phi) is 5.94. The smallest absolute Gasteiger partial charge is 0.303 e. The zero-order valence-electron chi connectivity index (χ0n) is 11.6. The molecule has 0 bridgehead atoms. The summed E-state index contributed by atoms with van der Waals surface area (Å²) in [4.78, 5) is 22.7. The summed E-state index contributed by atoms with van der Waals surface area (Å²) in [5, 5.41) is 8.98. The van der Waals surface area contributed by atoms with Gasteiger partial charge in [0.15, 0.2) is 0 Å². The number of hydrogen-bond acceptors (Lipinski definition) is 5. The number of carbonyl (C=O) groups excluding carboxylic acids is 1. The topological polar surface area (TPSA) is 110 Å². The molecule has 1 amide bonds. The molecule has 0 atom stereocenters. The van der Waals surface area contributed by atoms with Gasteiger partial charge in [0.1, 0.15) is 0 Å². The molecular weight excluding hydrogens is 286 g/mol. The van der Waals surface area contributed by atoms with E-state index in [-0.39, 0.29) is 18.6 Å². The molecule has 0 unspecified atom stereocenters. The molecule has 0 radical (unpaired) electrons. The van der Waals surface area contributed by atoms with Crippen molar-refractivity contribution in [1.29, 1.82) is 0 Å². The lowest BCUT2D eigenvalue weighted by Gasteiger charge is -2.35. The van der Waals surface area contributed by atoms with Crippen LogP contribution in [-0.2, 0) is 24.0 Å². The summed E-state index contributed by atoms with van der Waals surface area (Å²) >= 11 is 0. The molecule has 116 valence electrons. The number of amides is 1. The van der Waals surface area contributed by atoms with Crippen LogP contribution < -0.4 is 5.48 Å². The Bertz CT molecular complexity index is 453. The van der Waals surface area contributed by atoms with E-state index in [0.717, 1.165) is 19.3 Å². The van der Waals surface area contributed by atoms with Gasteiger partial charge in [-0.25, -0.2) is 5.48 Å². The Morgan fingerprint density at radius 1 is 1.20 bits per heavy atom. The Balaban J connectivity index is 2.61. The third-order valence-electron chi connectivity index (χ3n) is 3.61. The van der Waals surface area contributed by atoms with Crippen molar-refractivity contribution in [3.05, 3.63) is 0 Å². The Hall–Kier alpha value is -1.15. The lowest BCUT2D eigenvalue weighted by atomic mass is 9.69. The molecule has 0 heterocycles. The first-order valence-corrected chi connectivity index (χ1v) is 8.28. The van der Waals surface area contributed by atoms with Crippen molar-refractivity contribution < 1.29 is 27.4 Å². The number of aliphatic carboxylic acids is 1. The van der Waals surface area contributed by atoms with Crippen LogP contribution in [0.3, 0.4) is 0 Å². The van der Waals surface area contributed by atoms with Crippen molar-refractivity contribution in [3.8, 4) is 0 Å². The van der Waals surface area contributed by atoms with Crippen LogP contribution in [-0.4, -0.2) is 31.2 Å². The fraction of sp³-hybridized carbons (Fsp3) is 0.833. The Morgan fingerprint density at radius 3 is 2.30 bits per heavy atom. The first kappa shape index (κ1) is 16.9. The van der Waals surface area contributed by atoms with Gasteiger partial charge in [-0.2, -0.15) is 8.42 Å². The second-order valence-corrected chi connectivity index (χ2v) is 7.12. The highest BCUT2D eigenvalue weighted by atomic mass is 32.2. The minimum Gasteiger partial charge on any atom is -0.481 e. The van der Waals surface area contributed by atoms with E-state index in [1.165, 1.54) is 6.92 Å². The van der Waals surface area contributed by atoms with Crippen LogP contribution in [0.2, 0.25) is 0 Å². The molecule has 1 saturated carbocycles. The number of rotatable bonds is 7. The monoisotopic (exact) mass is 307 g/mol. The number of carbonyl (C=O) groups is 2. The van der Waals surface area contributed by atoms with Gasteiger partial charge in [-0.05, 0) is 25.2 Å². The van der Waals surface area contributed by atoms with Gasteiger partial charge in [-0.3, -0.25) is 9.59 Å². The van der Waals surface area contributed by atoms with E-state index in [1.54, 1.807) is 0 Å². The van der Waals surface area contributed by atoms with Crippen LogP contribution in [0.4, 0.5) is 0 Å². The lowest BCUT2D eigenvalue weighted by molar-refractivity contribution is -0.142. The summed E-state index contributed by atoms with van der Waals surface area (Å²) in [5.41, 5.74) is 1.31. The maximum Gasteiger partial charge on any atom is 0.303 e. The van der Waals surface area contributed by atoms with Gasteiger partial charge in [0.05, 0.1) is 12.2 Å². The van der Waals surface area contributed by atoms with Crippen LogP contribution in [0.25, 0.3) is 0 Å². The maximum absolute atomic E-state index is 11.8. The highest BCUT2D eigenvalue weighted by Crippen LogP contribution is 2.42. The van der Waals surface area contributed by atoms with E-state index in [1.807, 2.05) is 5.48 Å². The van der Waals surface area contributed by atoms with Gasteiger partial charge < -0.3 is 5.11 Å². The molecule has 1 aliphatic carbocycles. The average Bonchev–Trinajstić information content (AvgIpc) is 2.36. The van der Waals surface area contributed by atoms with E-state index >= 15 is 0 Å². The van der Waals surface area contributed by atoms with Crippen LogP contribution in [0, 0.1) is 5.41 Å². The highest BCUT2D eigenvalue weighted by molar-refractivity contribution is 7.86. The predicted molar refractivity (Wildman–Crippen MR) is 71.1 cm³/mol. The van der Waals surface area contributed by atoms with Crippen molar-refractivity contribution in [2.24, 2.45) is 5.41 Å². The lowest BCUT2D eigenvalue weighted by Crippen LogP contribution is -2.36. The molecule has 1 fully saturated rings. The third-order valence-corrected chi connectivity index (χ3v) is 4.66. The second kappa shape index (κ2) is 7.03. The quantitative estimate of drug-likeness (QED) is 0.684. The first-order valence-electron chi connectivity index (χ1n) is 6.70. The third kappa shape index (κ3) is 5.46. The molecule has 0 spiro atoms. The fourth-order valence-electron chi connectivity index (χ4n) is 2.58. The van der Waals surface area contributed by atoms with Gasteiger partial charge in [0, 0.05) is 6.42 Å². The summed E-state index contributed by atoms with van der Waals surface area (Å²) < 4.78 is 26.6. The van der Waals surface area contributed by atoms with Gasteiger partial charge >= 0.3 is 5.97 Å². The van der Waals surface area contributed by atoms with Gasteiger partial charge in [-0.1, -0.05) is 19.3 Å². The molecule has 0 aromatic carbocycles. The van der Waals surface area contributed by atoms with E-state index < -0.39 is 27.4 Å². The molecular formula is C12H21NO6S. The van der Waals surface area contributed by atoms with E-state index in [4.69, 9.17) is 5.11 Å². The maximum atomic E-state index is 11.8. The Labute approximate surface area is 118 Å². The van der Waals surface area contributed by atoms with Crippen molar-refractivity contribution in [2.75, 3.05) is 5.75 Å². The zero-order chi connectivity index (χ0) is 15.2. The summed E-state index contributed by atoms with van der Waals surface area (Å²) in [7, 11) is -3.75. The van der Waals surface area contributed by atoms with Crippen LogP contribution in [0.15, 0.2) is 0 Å². The highest BCUT2D eigenvalue weighted by Gasteiger charge is 2.36. The molecule has 2 N–H and O–H groups in total. The fourth-order valence-corrected chi connectivity index (χ4v) is 2.92. The minimum absolute atomic E-state index is 0.0292. The molecule has 8 heteroatoms. The van der Waals surface area contributed by atoms with Crippen LogP contribution in [0.1, 0.15) is 51.9 Å². The van der Waals surface area contributed by atoms with Crippen molar-refractivity contribution in [2.45, 2.75) is 51.9 Å². The first-order chi connectivity index (χ1) is 9.29. The number of carboxylic acid groups (broad SMARTS) is 1. The molecule has 0 aromatic rings. The summed E-state index contributed by atoms with van der Waals surface area (Å²) in [6.45, 7) is 1.40. The number of hydrogen-bond donors (Lipinski definition) is 2. The zero-order valence-corrected chi connectivity index (χ0v) is 12.4. The van der Waals surface area contributed by atoms with Crippen molar-refractivity contribution in [3.63, 3.8) is 0 Å².